The van der Waals surface area contributed by atoms with Gasteiger partial charge in [-0.1, -0.05) is 36.4 Å². The fraction of sp³-hybridized carbons (Fsp3) is 0.150. The van der Waals surface area contributed by atoms with Crippen LogP contribution in [0.2, 0.25) is 0 Å². The summed E-state index contributed by atoms with van der Waals surface area (Å²) in [4.78, 5) is 24.5. The van der Waals surface area contributed by atoms with E-state index in [2.05, 4.69) is 15.5 Å². The van der Waals surface area contributed by atoms with Crippen molar-refractivity contribution in [3.8, 4) is 17.0 Å². The molecule has 1 amide bonds. The molecule has 2 N–H and O–H groups in total. The second kappa shape index (κ2) is 8.18. The Labute approximate surface area is 156 Å². The zero-order valence-corrected chi connectivity index (χ0v) is 14.9. The monoisotopic (exact) mass is 365 g/mol. The minimum Gasteiger partial charge on any atom is -0.497 e. The summed E-state index contributed by atoms with van der Waals surface area (Å²) in [6.07, 6.45) is -0.979. The zero-order valence-electron chi connectivity index (χ0n) is 14.9. The summed E-state index contributed by atoms with van der Waals surface area (Å²) in [5.41, 5.74) is 2.22. The summed E-state index contributed by atoms with van der Waals surface area (Å²) >= 11 is 0. The number of nitrogens with one attached hydrogen (secondary N) is 2. The number of H-pyrrole nitrogens is 1. The van der Waals surface area contributed by atoms with E-state index >= 15 is 0 Å². The van der Waals surface area contributed by atoms with E-state index < -0.39 is 18.0 Å². The Morgan fingerprint density at radius 2 is 1.85 bits per heavy atom. The van der Waals surface area contributed by atoms with Crippen LogP contribution >= 0.6 is 0 Å². The molecule has 1 aromatic heterocycles. The van der Waals surface area contributed by atoms with Crippen molar-refractivity contribution >= 4 is 17.6 Å². The third-order valence-electron chi connectivity index (χ3n) is 3.86. The molecule has 0 spiro atoms. The average molecular weight is 365 g/mol. The maximum absolute atomic E-state index is 12.3. The highest BCUT2D eigenvalue weighted by Gasteiger charge is 2.21. The van der Waals surface area contributed by atoms with Crippen LogP contribution in [0, 0.1) is 0 Å². The molecule has 0 fully saturated rings. The van der Waals surface area contributed by atoms with Gasteiger partial charge in [0, 0.05) is 17.3 Å². The smallest absolute Gasteiger partial charge is 0.357 e. The Kier molecular flexibility index (Phi) is 5.51. The number of carbonyl (C=O) groups excluding carboxylic acids is 2. The quantitative estimate of drug-likeness (QED) is 0.654. The summed E-state index contributed by atoms with van der Waals surface area (Å²) in [7, 11) is 1.54. The first-order chi connectivity index (χ1) is 13.1. The van der Waals surface area contributed by atoms with Gasteiger partial charge in [-0.25, -0.2) is 4.79 Å². The maximum Gasteiger partial charge on any atom is 0.357 e. The molecule has 0 aliphatic heterocycles. The molecule has 0 radical (unpaired) electrons. The molecule has 1 atom stereocenters. The van der Waals surface area contributed by atoms with Gasteiger partial charge in [-0.2, -0.15) is 5.10 Å². The Balaban J connectivity index is 1.61. The van der Waals surface area contributed by atoms with Crippen LogP contribution in [0.5, 0.6) is 5.75 Å². The highest BCUT2D eigenvalue weighted by Crippen LogP contribution is 2.19. The largest absolute Gasteiger partial charge is 0.497 e. The molecular weight excluding hydrogens is 346 g/mol. The van der Waals surface area contributed by atoms with Gasteiger partial charge in [0.1, 0.15) is 11.4 Å². The normalized spacial score (nSPS) is 11.5. The van der Waals surface area contributed by atoms with Crippen molar-refractivity contribution in [3.63, 3.8) is 0 Å². The number of ether oxygens (including phenoxy) is 2. The lowest BCUT2D eigenvalue weighted by Crippen LogP contribution is -2.30. The number of carbonyl (C=O) groups is 2. The van der Waals surface area contributed by atoms with Crippen LogP contribution in [0.4, 0.5) is 5.69 Å². The van der Waals surface area contributed by atoms with Crippen LogP contribution < -0.4 is 10.1 Å². The lowest BCUT2D eigenvalue weighted by atomic mass is 10.1. The summed E-state index contributed by atoms with van der Waals surface area (Å²) in [5, 5.41) is 9.43. The molecule has 138 valence electrons. The molecule has 1 heterocycles. The number of hydrogen-bond acceptors (Lipinski definition) is 5. The number of aromatic amines is 1. The van der Waals surface area contributed by atoms with Gasteiger partial charge in [0.25, 0.3) is 5.91 Å². The van der Waals surface area contributed by atoms with Gasteiger partial charge in [-0.3, -0.25) is 9.89 Å². The molecular formula is C20H19N3O4. The first-order valence-electron chi connectivity index (χ1n) is 8.33. The molecule has 3 aromatic rings. The lowest BCUT2D eigenvalue weighted by molar-refractivity contribution is -0.123. The second-order valence-electron chi connectivity index (χ2n) is 5.80. The number of methoxy groups -OCH3 is 1. The minimum absolute atomic E-state index is 0.176. The second-order valence-corrected chi connectivity index (χ2v) is 5.80. The van der Waals surface area contributed by atoms with Gasteiger partial charge < -0.3 is 14.8 Å². The third kappa shape index (κ3) is 4.52. The van der Waals surface area contributed by atoms with Crippen LogP contribution in [0.15, 0.2) is 60.7 Å². The fourth-order valence-electron chi connectivity index (χ4n) is 2.41. The summed E-state index contributed by atoms with van der Waals surface area (Å²) in [6, 6.07) is 17.9. The fourth-order valence-corrected chi connectivity index (χ4v) is 2.41. The minimum atomic E-state index is -0.979. The van der Waals surface area contributed by atoms with Crippen LogP contribution in [-0.4, -0.2) is 35.3 Å². The first kappa shape index (κ1) is 18.2. The molecule has 0 saturated heterocycles. The van der Waals surface area contributed by atoms with Crippen molar-refractivity contribution in [3.05, 3.63) is 66.4 Å². The summed E-state index contributed by atoms with van der Waals surface area (Å²) in [5.74, 6) is -0.485. The number of aromatic nitrogens is 2. The van der Waals surface area contributed by atoms with Crippen molar-refractivity contribution in [2.24, 2.45) is 0 Å². The van der Waals surface area contributed by atoms with Crippen molar-refractivity contribution in [2.45, 2.75) is 13.0 Å². The SMILES string of the molecule is COc1cccc(NC(=O)[C@H](C)OC(=O)c2cc(-c3ccccc3)n[nH]2)c1. The van der Waals surface area contributed by atoms with Crippen LogP contribution in [0.25, 0.3) is 11.3 Å². The Morgan fingerprint density at radius 1 is 1.07 bits per heavy atom. The molecule has 27 heavy (non-hydrogen) atoms. The van der Waals surface area contributed by atoms with E-state index in [1.165, 1.54) is 6.92 Å². The molecule has 3 rings (SSSR count). The molecule has 2 aromatic carbocycles. The van der Waals surface area contributed by atoms with Gasteiger partial charge in [0.2, 0.25) is 0 Å². The van der Waals surface area contributed by atoms with E-state index in [1.807, 2.05) is 30.3 Å². The van der Waals surface area contributed by atoms with Gasteiger partial charge in [0.05, 0.1) is 12.8 Å². The van der Waals surface area contributed by atoms with Crippen LogP contribution in [0.1, 0.15) is 17.4 Å². The Morgan fingerprint density at radius 3 is 2.59 bits per heavy atom. The molecule has 7 nitrogen and oxygen atoms in total. The number of rotatable bonds is 6. The number of anilines is 1. The number of hydrogen-bond donors (Lipinski definition) is 2. The predicted molar refractivity (Wildman–Crippen MR) is 101 cm³/mol. The van der Waals surface area contributed by atoms with E-state index in [4.69, 9.17) is 9.47 Å². The van der Waals surface area contributed by atoms with Crippen molar-refractivity contribution in [1.82, 2.24) is 10.2 Å². The molecule has 0 saturated carbocycles. The summed E-state index contributed by atoms with van der Waals surface area (Å²) in [6.45, 7) is 1.50. The Bertz CT molecular complexity index is 937. The van der Waals surface area contributed by atoms with E-state index in [0.717, 1.165) is 5.56 Å². The highest BCUT2D eigenvalue weighted by atomic mass is 16.5. The average Bonchev–Trinajstić information content (AvgIpc) is 3.19. The molecule has 0 unspecified atom stereocenters. The van der Waals surface area contributed by atoms with Crippen molar-refractivity contribution in [1.29, 1.82) is 0 Å². The van der Waals surface area contributed by atoms with Gasteiger partial charge in [-0.05, 0) is 25.1 Å². The van der Waals surface area contributed by atoms with Crippen molar-refractivity contribution in [2.75, 3.05) is 12.4 Å². The van der Waals surface area contributed by atoms with Gasteiger partial charge in [0.15, 0.2) is 6.10 Å². The lowest BCUT2D eigenvalue weighted by Gasteiger charge is -2.13. The van der Waals surface area contributed by atoms with E-state index in [0.29, 0.717) is 17.1 Å². The number of nitrogens with zero attached hydrogens (tertiary/aromatic N) is 1. The first-order valence-corrected chi connectivity index (χ1v) is 8.33. The zero-order chi connectivity index (χ0) is 19.2. The highest BCUT2D eigenvalue weighted by molar-refractivity contribution is 5.97. The third-order valence-corrected chi connectivity index (χ3v) is 3.86. The molecule has 0 aliphatic rings. The van der Waals surface area contributed by atoms with E-state index in [9.17, 15) is 9.59 Å². The van der Waals surface area contributed by atoms with Gasteiger partial charge in [-0.15, -0.1) is 0 Å². The van der Waals surface area contributed by atoms with E-state index in [-0.39, 0.29) is 5.69 Å². The maximum atomic E-state index is 12.3. The summed E-state index contributed by atoms with van der Waals surface area (Å²) < 4.78 is 10.3. The molecule has 0 aliphatic carbocycles. The predicted octanol–water partition coefficient (Wildman–Crippen LogP) is 3.27. The standard InChI is InChI=1S/C20H19N3O4/c1-13(19(24)21-15-9-6-10-16(11-15)26-2)27-20(25)18-12-17(22-23-18)14-7-4-3-5-8-14/h3-13H,1-2H3,(H,21,24)(H,22,23)/t13-/m0/s1. The van der Waals surface area contributed by atoms with Gasteiger partial charge >= 0.3 is 5.97 Å². The van der Waals surface area contributed by atoms with Crippen molar-refractivity contribution < 1.29 is 19.1 Å². The molecule has 0 bridgehead atoms. The number of amides is 1. The van der Waals surface area contributed by atoms with Crippen LogP contribution in [-0.2, 0) is 9.53 Å². The topological polar surface area (TPSA) is 93.3 Å². The van der Waals surface area contributed by atoms with Crippen LogP contribution in [0.3, 0.4) is 0 Å². The number of esters is 1. The van der Waals surface area contributed by atoms with E-state index in [1.54, 1.807) is 37.4 Å². The Hall–Kier alpha value is -3.61. The number of benzene rings is 2. The molecule has 7 heteroatoms.